The number of carbonyl (C=O) groups excluding carboxylic acids is 1. The molecular formula is C22H22F5N3O3. The van der Waals surface area contributed by atoms with E-state index in [0.29, 0.717) is 18.3 Å². The molecule has 0 radical (unpaired) electrons. The maximum atomic E-state index is 14.5. The number of nitrogens with one attached hydrogen (secondary N) is 1. The highest BCUT2D eigenvalue weighted by Crippen LogP contribution is 2.27. The Labute approximate surface area is 186 Å². The number of hydrogen-bond acceptors (Lipinski definition) is 6. The minimum absolute atomic E-state index is 0.161. The average Bonchev–Trinajstić information content (AvgIpc) is 2.71. The molecular weight excluding hydrogens is 449 g/mol. The van der Waals surface area contributed by atoms with Crippen LogP contribution in [0.5, 0.6) is 0 Å². The van der Waals surface area contributed by atoms with Crippen LogP contribution in [0.25, 0.3) is 5.76 Å². The topological polar surface area (TPSA) is 83.8 Å². The van der Waals surface area contributed by atoms with Gasteiger partial charge in [0.1, 0.15) is 17.1 Å². The van der Waals surface area contributed by atoms with E-state index in [1.165, 1.54) is 6.92 Å². The van der Waals surface area contributed by atoms with Crippen molar-refractivity contribution >= 4 is 29.6 Å². The zero-order valence-electron chi connectivity index (χ0n) is 18.5. The van der Waals surface area contributed by atoms with Crippen molar-refractivity contribution in [1.82, 2.24) is 4.98 Å². The van der Waals surface area contributed by atoms with Crippen molar-refractivity contribution in [2.45, 2.75) is 40.2 Å². The Morgan fingerprint density at radius 1 is 1.12 bits per heavy atom. The second-order valence-corrected chi connectivity index (χ2v) is 7.90. The van der Waals surface area contributed by atoms with Gasteiger partial charge in [0.25, 0.3) is 0 Å². The summed E-state index contributed by atoms with van der Waals surface area (Å²) in [7, 11) is 0. The number of rotatable bonds is 6. The van der Waals surface area contributed by atoms with Crippen LogP contribution in [0.15, 0.2) is 22.7 Å². The third kappa shape index (κ3) is 6.05. The number of aliphatic imine (C=N–C) groups is 1. The average molecular weight is 471 g/mol. The van der Waals surface area contributed by atoms with Gasteiger partial charge in [0.05, 0.1) is 12.2 Å². The number of benzene rings is 1. The van der Waals surface area contributed by atoms with Crippen molar-refractivity contribution in [3.05, 3.63) is 57.9 Å². The lowest BCUT2D eigenvalue weighted by Gasteiger charge is -2.21. The minimum Gasteiger partial charge on any atom is -0.506 e. The number of anilines is 1. The lowest BCUT2D eigenvalue weighted by atomic mass is 10.0. The van der Waals surface area contributed by atoms with Gasteiger partial charge < -0.3 is 15.2 Å². The Bertz CT molecular complexity index is 1140. The largest absolute Gasteiger partial charge is 0.506 e. The van der Waals surface area contributed by atoms with Crippen molar-refractivity contribution in [3.8, 4) is 0 Å². The lowest BCUT2D eigenvalue weighted by molar-refractivity contribution is -0.137. The van der Waals surface area contributed by atoms with Crippen LogP contribution in [0.3, 0.4) is 0 Å². The first-order valence-electron chi connectivity index (χ1n) is 9.69. The molecule has 0 atom stereocenters. The van der Waals surface area contributed by atoms with Gasteiger partial charge in [-0.05, 0) is 40.7 Å². The number of carbonyl (C=O) groups is 1. The van der Waals surface area contributed by atoms with E-state index in [9.17, 15) is 31.9 Å². The molecule has 0 unspecified atom stereocenters. The molecule has 6 nitrogen and oxygen atoms in total. The van der Waals surface area contributed by atoms with Crippen LogP contribution in [0.4, 0.5) is 33.6 Å². The molecule has 0 fully saturated rings. The van der Waals surface area contributed by atoms with E-state index >= 15 is 0 Å². The predicted molar refractivity (Wildman–Crippen MR) is 113 cm³/mol. The van der Waals surface area contributed by atoms with Gasteiger partial charge in [-0.25, -0.2) is 36.7 Å². The molecule has 33 heavy (non-hydrogen) atoms. The van der Waals surface area contributed by atoms with Crippen molar-refractivity contribution < 1.29 is 36.6 Å². The van der Waals surface area contributed by atoms with Gasteiger partial charge in [-0.2, -0.15) is 0 Å². The minimum atomic E-state index is -1.47. The second kappa shape index (κ2) is 9.97. The molecule has 0 aliphatic carbocycles. The molecule has 0 aliphatic heterocycles. The molecule has 1 aromatic carbocycles. The third-order valence-electron chi connectivity index (χ3n) is 4.10. The molecule has 0 bridgehead atoms. The Kier molecular flexibility index (Phi) is 7.78. The molecule has 0 aliphatic rings. The van der Waals surface area contributed by atoms with Gasteiger partial charge in [-0.1, -0.05) is 0 Å². The monoisotopic (exact) mass is 471 g/mol. The SMILES string of the molecule is CCOC(=O)C(C=Nc1nc(NC(C)(C)C)c(F)cc1F)=C(O)c1cc(F)c(F)c(C)c1F. The van der Waals surface area contributed by atoms with Gasteiger partial charge >= 0.3 is 5.97 Å². The van der Waals surface area contributed by atoms with Crippen LogP contribution in [0.2, 0.25) is 0 Å². The molecule has 2 N–H and O–H groups in total. The Morgan fingerprint density at radius 2 is 1.76 bits per heavy atom. The number of ether oxygens (including phenoxy) is 1. The first kappa shape index (κ1) is 25.8. The fourth-order valence-electron chi connectivity index (χ4n) is 2.58. The Balaban J connectivity index is 2.64. The lowest BCUT2D eigenvalue weighted by Crippen LogP contribution is -2.27. The smallest absolute Gasteiger partial charge is 0.343 e. The van der Waals surface area contributed by atoms with Gasteiger partial charge in [0.2, 0.25) is 0 Å². The number of aliphatic hydroxyl groups excluding tert-OH is 1. The number of halogens is 5. The maximum Gasteiger partial charge on any atom is 0.343 e. The molecule has 0 saturated heterocycles. The molecule has 11 heteroatoms. The van der Waals surface area contributed by atoms with E-state index in [-0.39, 0.29) is 12.4 Å². The summed E-state index contributed by atoms with van der Waals surface area (Å²) in [4.78, 5) is 19.7. The molecule has 2 aromatic rings. The van der Waals surface area contributed by atoms with Crippen molar-refractivity contribution in [2.24, 2.45) is 4.99 Å². The van der Waals surface area contributed by atoms with Crippen LogP contribution in [0, 0.1) is 36.0 Å². The zero-order chi connectivity index (χ0) is 25.1. The van der Waals surface area contributed by atoms with Crippen molar-refractivity contribution in [3.63, 3.8) is 0 Å². The molecule has 2 rings (SSSR count). The molecule has 0 saturated carbocycles. The first-order chi connectivity index (χ1) is 15.3. The normalized spacial score (nSPS) is 12.7. The van der Waals surface area contributed by atoms with E-state index in [4.69, 9.17) is 4.74 Å². The summed E-state index contributed by atoms with van der Waals surface area (Å²) in [5.41, 5.74) is -3.01. The summed E-state index contributed by atoms with van der Waals surface area (Å²) in [5, 5.41) is 13.2. The fourth-order valence-corrected chi connectivity index (χ4v) is 2.58. The summed E-state index contributed by atoms with van der Waals surface area (Å²) in [6.07, 6.45) is 0.605. The summed E-state index contributed by atoms with van der Waals surface area (Å²) in [6.45, 7) is 7.34. The van der Waals surface area contributed by atoms with E-state index in [0.717, 1.165) is 6.92 Å². The first-order valence-corrected chi connectivity index (χ1v) is 9.69. The zero-order valence-corrected chi connectivity index (χ0v) is 18.5. The van der Waals surface area contributed by atoms with Gasteiger partial charge in [0.15, 0.2) is 34.9 Å². The Morgan fingerprint density at radius 3 is 2.33 bits per heavy atom. The predicted octanol–water partition coefficient (Wildman–Crippen LogP) is 5.53. The van der Waals surface area contributed by atoms with E-state index < -0.39 is 68.9 Å². The highest BCUT2D eigenvalue weighted by Gasteiger charge is 2.24. The molecule has 0 amide bonds. The highest BCUT2D eigenvalue weighted by molar-refractivity contribution is 6.15. The van der Waals surface area contributed by atoms with Gasteiger partial charge in [0, 0.05) is 23.4 Å². The summed E-state index contributed by atoms with van der Waals surface area (Å²) in [6, 6.07) is 0.863. The molecule has 1 heterocycles. The van der Waals surface area contributed by atoms with Crippen molar-refractivity contribution in [1.29, 1.82) is 0 Å². The number of esters is 1. The van der Waals surface area contributed by atoms with Crippen molar-refractivity contribution in [2.75, 3.05) is 11.9 Å². The summed E-state index contributed by atoms with van der Waals surface area (Å²) >= 11 is 0. The van der Waals surface area contributed by atoms with E-state index in [1.54, 1.807) is 20.8 Å². The summed E-state index contributed by atoms with van der Waals surface area (Å²) < 4.78 is 74.9. The second-order valence-electron chi connectivity index (χ2n) is 7.90. The van der Waals surface area contributed by atoms with Crippen LogP contribution in [-0.4, -0.2) is 34.4 Å². The number of pyridine rings is 1. The van der Waals surface area contributed by atoms with E-state index in [1.807, 2.05) is 0 Å². The number of nitrogens with zero attached hydrogens (tertiary/aromatic N) is 2. The Hall–Kier alpha value is -3.50. The number of hydrogen-bond donors (Lipinski definition) is 2. The third-order valence-corrected chi connectivity index (χ3v) is 4.10. The van der Waals surface area contributed by atoms with Crippen LogP contribution in [-0.2, 0) is 9.53 Å². The quantitative estimate of drug-likeness (QED) is 0.145. The standard InChI is InChI=1S/C22H22F5N3O3/c1-6-33-21(32)12(18(31)11-7-13(23)17(27)10(2)16(11)26)9-28-19-14(24)8-15(25)20(29-19)30-22(3,4)5/h7-9,31H,6H2,1-5H3,(H,29,30). The molecule has 178 valence electrons. The number of aliphatic hydroxyl groups is 1. The highest BCUT2D eigenvalue weighted by atomic mass is 19.2. The maximum absolute atomic E-state index is 14.5. The van der Waals surface area contributed by atoms with Crippen LogP contribution in [0.1, 0.15) is 38.8 Å². The van der Waals surface area contributed by atoms with Gasteiger partial charge in [-0.15, -0.1) is 0 Å². The molecule has 1 aromatic heterocycles. The van der Waals surface area contributed by atoms with Crippen LogP contribution >= 0.6 is 0 Å². The van der Waals surface area contributed by atoms with E-state index in [2.05, 4.69) is 15.3 Å². The molecule has 0 spiro atoms. The van der Waals surface area contributed by atoms with Gasteiger partial charge in [-0.3, -0.25) is 0 Å². The fraction of sp³-hybridized carbons (Fsp3) is 0.318. The van der Waals surface area contributed by atoms with Crippen LogP contribution < -0.4 is 5.32 Å². The number of aromatic nitrogens is 1. The summed E-state index contributed by atoms with van der Waals surface area (Å²) in [5.74, 6) is -9.80.